The summed E-state index contributed by atoms with van der Waals surface area (Å²) in [5, 5.41) is 8.83. The van der Waals surface area contributed by atoms with Gasteiger partial charge in [0.2, 0.25) is 0 Å². The van der Waals surface area contributed by atoms with E-state index < -0.39 is 22.4 Å². The SMILES string of the molecule is COS(=O)C1C=CC=CC1O. The summed E-state index contributed by atoms with van der Waals surface area (Å²) < 4.78 is 15.6. The molecule has 3 nitrogen and oxygen atoms in total. The fourth-order valence-electron chi connectivity index (χ4n) is 0.864. The van der Waals surface area contributed by atoms with Crippen LogP contribution in [0.1, 0.15) is 0 Å². The van der Waals surface area contributed by atoms with Crippen molar-refractivity contribution in [1.29, 1.82) is 0 Å². The molecule has 11 heavy (non-hydrogen) atoms. The van der Waals surface area contributed by atoms with Crippen molar-refractivity contribution in [3.8, 4) is 0 Å². The minimum absolute atomic E-state index is 0.426. The molecule has 0 aromatic carbocycles. The summed E-state index contributed by atoms with van der Waals surface area (Å²) in [6.07, 6.45) is 6.02. The number of hydrogen-bond acceptors (Lipinski definition) is 3. The second-order valence-corrected chi connectivity index (χ2v) is 3.55. The zero-order chi connectivity index (χ0) is 8.27. The Kier molecular flexibility index (Phi) is 2.99. The Morgan fingerprint density at radius 2 is 2.09 bits per heavy atom. The van der Waals surface area contributed by atoms with Gasteiger partial charge in [0.05, 0.1) is 13.2 Å². The lowest BCUT2D eigenvalue weighted by molar-refractivity contribution is 0.225. The van der Waals surface area contributed by atoms with Crippen LogP contribution in [-0.4, -0.2) is 27.8 Å². The van der Waals surface area contributed by atoms with E-state index in [9.17, 15) is 9.32 Å². The first-order valence-corrected chi connectivity index (χ1v) is 4.37. The van der Waals surface area contributed by atoms with E-state index in [-0.39, 0.29) is 0 Å². The maximum atomic E-state index is 11.0. The molecule has 0 saturated heterocycles. The largest absolute Gasteiger partial charge is 0.387 e. The Morgan fingerprint density at radius 1 is 1.45 bits per heavy atom. The first-order valence-electron chi connectivity index (χ1n) is 3.24. The van der Waals surface area contributed by atoms with Crippen molar-refractivity contribution < 1.29 is 13.5 Å². The minimum Gasteiger partial charge on any atom is -0.387 e. The summed E-state index contributed by atoms with van der Waals surface area (Å²) >= 11 is -1.43. The lowest BCUT2D eigenvalue weighted by Gasteiger charge is -2.16. The monoisotopic (exact) mass is 174 g/mol. The van der Waals surface area contributed by atoms with Crippen molar-refractivity contribution in [2.75, 3.05) is 7.11 Å². The highest BCUT2D eigenvalue weighted by atomic mass is 32.2. The molecule has 0 bridgehead atoms. The Balaban J connectivity index is 2.65. The third-order valence-electron chi connectivity index (χ3n) is 1.44. The first-order chi connectivity index (χ1) is 5.25. The maximum absolute atomic E-state index is 11.0. The van der Waals surface area contributed by atoms with Gasteiger partial charge in [-0.05, 0) is 0 Å². The van der Waals surface area contributed by atoms with Gasteiger partial charge < -0.3 is 5.11 Å². The van der Waals surface area contributed by atoms with Crippen molar-refractivity contribution in [2.24, 2.45) is 0 Å². The number of hydrogen-bond donors (Lipinski definition) is 1. The first kappa shape index (κ1) is 8.64. The quantitative estimate of drug-likeness (QED) is 0.648. The fraction of sp³-hybridized carbons (Fsp3) is 0.429. The lowest BCUT2D eigenvalue weighted by atomic mass is 10.1. The van der Waals surface area contributed by atoms with E-state index in [2.05, 4.69) is 4.18 Å². The van der Waals surface area contributed by atoms with Gasteiger partial charge in [-0.1, -0.05) is 24.3 Å². The highest BCUT2D eigenvalue weighted by Gasteiger charge is 2.22. The van der Waals surface area contributed by atoms with Crippen LogP contribution in [0.3, 0.4) is 0 Å². The molecule has 0 amide bonds. The summed E-state index contributed by atoms with van der Waals surface area (Å²) in [5.74, 6) is 0. The average Bonchev–Trinajstić information content (AvgIpc) is 2.04. The maximum Gasteiger partial charge on any atom is 0.165 e. The van der Waals surface area contributed by atoms with E-state index >= 15 is 0 Å². The summed E-state index contributed by atoms with van der Waals surface area (Å²) in [6, 6.07) is 0. The van der Waals surface area contributed by atoms with Crippen molar-refractivity contribution in [2.45, 2.75) is 11.4 Å². The van der Waals surface area contributed by atoms with Crippen LogP contribution < -0.4 is 0 Å². The molecule has 0 aromatic heterocycles. The highest BCUT2D eigenvalue weighted by Crippen LogP contribution is 2.11. The minimum atomic E-state index is -1.43. The van der Waals surface area contributed by atoms with Crippen molar-refractivity contribution >= 4 is 11.1 Å². The molecule has 3 atom stereocenters. The average molecular weight is 174 g/mol. The van der Waals surface area contributed by atoms with Gasteiger partial charge in [0.1, 0.15) is 5.25 Å². The lowest BCUT2D eigenvalue weighted by Crippen LogP contribution is -2.28. The van der Waals surface area contributed by atoms with Crippen LogP contribution in [-0.2, 0) is 15.3 Å². The van der Waals surface area contributed by atoms with Crippen LogP contribution >= 0.6 is 0 Å². The number of aliphatic hydroxyl groups excluding tert-OH is 1. The van der Waals surface area contributed by atoms with E-state index in [1.165, 1.54) is 7.11 Å². The van der Waals surface area contributed by atoms with Gasteiger partial charge in [-0.3, -0.25) is 4.18 Å². The van der Waals surface area contributed by atoms with E-state index in [0.29, 0.717) is 0 Å². The molecule has 62 valence electrons. The molecule has 3 unspecified atom stereocenters. The third-order valence-corrected chi connectivity index (χ3v) is 2.65. The second kappa shape index (κ2) is 3.80. The Bertz CT molecular complexity index is 210. The molecule has 4 heteroatoms. The van der Waals surface area contributed by atoms with Crippen LogP contribution in [0, 0.1) is 0 Å². The Morgan fingerprint density at radius 3 is 2.64 bits per heavy atom. The predicted octanol–water partition coefficient (Wildman–Crippen LogP) is 0.152. The number of aliphatic hydroxyl groups is 1. The fourth-order valence-corrected chi connectivity index (χ4v) is 1.62. The van der Waals surface area contributed by atoms with E-state index in [4.69, 9.17) is 0 Å². The molecule has 0 aliphatic heterocycles. The van der Waals surface area contributed by atoms with Crippen LogP contribution in [0.25, 0.3) is 0 Å². The molecule has 1 aliphatic carbocycles. The van der Waals surface area contributed by atoms with Gasteiger partial charge in [-0.2, -0.15) is 0 Å². The molecule has 0 radical (unpaired) electrons. The van der Waals surface area contributed by atoms with Crippen molar-refractivity contribution in [3.63, 3.8) is 0 Å². The van der Waals surface area contributed by atoms with Crippen LogP contribution in [0.15, 0.2) is 24.3 Å². The van der Waals surface area contributed by atoms with E-state index in [1.54, 1.807) is 24.3 Å². The van der Waals surface area contributed by atoms with Gasteiger partial charge in [0.25, 0.3) is 0 Å². The van der Waals surface area contributed by atoms with Crippen molar-refractivity contribution in [1.82, 2.24) is 0 Å². The molecular weight excluding hydrogens is 164 g/mol. The normalized spacial score (nSPS) is 32.2. The molecule has 0 fully saturated rings. The van der Waals surface area contributed by atoms with Gasteiger partial charge in [-0.15, -0.1) is 0 Å². The molecule has 0 heterocycles. The summed E-state index contributed by atoms with van der Waals surface area (Å²) in [4.78, 5) is 0. The van der Waals surface area contributed by atoms with Gasteiger partial charge in [-0.25, -0.2) is 4.21 Å². The van der Waals surface area contributed by atoms with Gasteiger partial charge >= 0.3 is 0 Å². The molecule has 0 saturated carbocycles. The molecule has 0 aromatic rings. The molecule has 1 aliphatic rings. The van der Waals surface area contributed by atoms with E-state index in [0.717, 1.165) is 0 Å². The summed E-state index contributed by atoms with van der Waals surface area (Å²) in [5.41, 5.74) is 0. The standard InChI is InChI=1S/C7H10O3S/c1-10-11(9)7-5-3-2-4-6(7)8/h2-8H,1H3. The topological polar surface area (TPSA) is 46.5 Å². The third kappa shape index (κ3) is 1.99. The van der Waals surface area contributed by atoms with Crippen molar-refractivity contribution in [3.05, 3.63) is 24.3 Å². The second-order valence-electron chi connectivity index (χ2n) is 2.15. The molecule has 1 N–H and O–H groups in total. The molecule has 0 spiro atoms. The summed E-state index contributed by atoms with van der Waals surface area (Å²) in [6.45, 7) is 0. The zero-order valence-corrected chi connectivity index (χ0v) is 6.95. The zero-order valence-electron chi connectivity index (χ0n) is 6.14. The smallest absolute Gasteiger partial charge is 0.165 e. The van der Waals surface area contributed by atoms with Crippen LogP contribution in [0.2, 0.25) is 0 Å². The highest BCUT2D eigenvalue weighted by molar-refractivity contribution is 7.81. The van der Waals surface area contributed by atoms with Gasteiger partial charge in [0, 0.05) is 0 Å². The molecular formula is C7H10O3S. The van der Waals surface area contributed by atoms with E-state index in [1.807, 2.05) is 0 Å². The Hall–Kier alpha value is -0.450. The van der Waals surface area contributed by atoms with Crippen LogP contribution in [0.4, 0.5) is 0 Å². The van der Waals surface area contributed by atoms with Crippen LogP contribution in [0.5, 0.6) is 0 Å². The molecule has 1 rings (SSSR count). The predicted molar refractivity (Wildman–Crippen MR) is 43.2 cm³/mol. The summed E-state index contributed by atoms with van der Waals surface area (Å²) in [7, 11) is 1.36. The van der Waals surface area contributed by atoms with Gasteiger partial charge in [0.15, 0.2) is 11.1 Å². The number of rotatable bonds is 2. The Labute approximate surface area is 68.0 Å². The number of allylic oxidation sites excluding steroid dienone is 2.